The van der Waals surface area contributed by atoms with Gasteiger partial charge < -0.3 is 19.7 Å². The van der Waals surface area contributed by atoms with E-state index in [1.54, 1.807) is 6.92 Å². The molecule has 0 bridgehead atoms. The zero-order valence-electron chi connectivity index (χ0n) is 9.57. The molecule has 0 amide bonds. The number of hydrogen-bond acceptors (Lipinski definition) is 4. The number of fused-ring (bicyclic) bond motifs is 1. The molecule has 0 fully saturated rings. The number of hydrogen-bond donors (Lipinski definition) is 2. The highest BCUT2D eigenvalue weighted by atomic mass is 19.1. The van der Waals surface area contributed by atoms with Crippen LogP contribution in [0.2, 0.25) is 0 Å². The summed E-state index contributed by atoms with van der Waals surface area (Å²) >= 11 is 0. The summed E-state index contributed by atoms with van der Waals surface area (Å²) in [5, 5.41) is 18.9. The Bertz CT molecular complexity index is 419. The van der Waals surface area contributed by atoms with Crippen molar-refractivity contribution < 1.29 is 24.1 Å². The van der Waals surface area contributed by atoms with E-state index < -0.39 is 17.5 Å². The van der Waals surface area contributed by atoms with Crippen LogP contribution in [0, 0.1) is 5.82 Å². The molecule has 1 aliphatic rings. The van der Waals surface area contributed by atoms with Crippen LogP contribution >= 0.6 is 0 Å². The third-order valence-corrected chi connectivity index (χ3v) is 2.77. The van der Waals surface area contributed by atoms with Gasteiger partial charge in [-0.3, -0.25) is 0 Å². The maximum absolute atomic E-state index is 13.5. The second kappa shape index (κ2) is 4.79. The maximum Gasteiger partial charge on any atom is 0.169 e. The van der Waals surface area contributed by atoms with Gasteiger partial charge in [-0.05, 0) is 0 Å². The zero-order valence-corrected chi connectivity index (χ0v) is 9.57. The van der Waals surface area contributed by atoms with E-state index in [2.05, 4.69) is 0 Å². The lowest BCUT2D eigenvalue weighted by Crippen LogP contribution is -2.05. The number of phenols is 1. The lowest BCUT2D eigenvalue weighted by molar-refractivity contribution is 0.260. The molecule has 94 valence electrons. The lowest BCUT2D eigenvalue weighted by atomic mass is 9.99. The molecular weight excluding hydrogens is 227 g/mol. The predicted molar refractivity (Wildman–Crippen MR) is 59.2 cm³/mol. The third kappa shape index (κ3) is 2.15. The van der Waals surface area contributed by atoms with Crippen molar-refractivity contribution in [3.63, 3.8) is 0 Å². The molecule has 1 aliphatic heterocycles. The Hall–Kier alpha value is -1.49. The van der Waals surface area contributed by atoms with Gasteiger partial charge in [0, 0.05) is 30.6 Å². The summed E-state index contributed by atoms with van der Waals surface area (Å²) in [4.78, 5) is 0. The summed E-state index contributed by atoms with van der Waals surface area (Å²) in [6.07, 6.45) is 0.698. The smallest absolute Gasteiger partial charge is 0.169 e. The number of aromatic hydroxyl groups is 1. The Labute approximate surface area is 98.6 Å². The van der Waals surface area contributed by atoms with Crippen molar-refractivity contribution in [1.29, 1.82) is 0 Å². The van der Waals surface area contributed by atoms with Crippen LogP contribution in [0.5, 0.6) is 17.2 Å². The summed E-state index contributed by atoms with van der Waals surface area (Å²) in [6, 6.07) is 1.11. The van der Waals surface area contributed by atoms with Gasteiger partial charge in [-0.25, -0.2) is 4.39 Å². The van der Waals surface area contributed by atoms with Crippen LogP contribution in [0.3, 0.4) is 0 Å². The quantitative estimate of drug-likeness (QED) is 0.830. The molecular formula is C12H15FO4. The van der Waals surface area contributed by atoms with Crippen molar-refractivity contribution in [1.82, 2.24) is 0 Å². The van der Waals surface area contributed by atoms with Gasteiger partial charge in [0.15, 0.2) is 23.1 Å². The van der Waals surface area contributed by atoms with Gasteiger partial charge in [0.1, 0.15) is 0 Å². The van der Waals surface area contributed by atoms with Crippen molar-refractivity contribution in [2.75, 3.05) is 19.8 Å². The second-order valence-corrected chi connectivity index (χ2v) is 4.08. The van der Waals surface area contributed by atoms with Crippen LogP contribution in [-0.4, -0.2) is 30.0 Å². The number of rotatable bonds is 2. The average Bonchev–Trinajstić information content (AvgIpc) is 2.55. The van der Waals surface area contributed by atoms with Crippen LogP contribution in [0.1, 0.15) is 24.8 Å². The van der Waals surface area contributed by atoms with E-state index in [9.17, 15) is 9.50 Å². The van der Waals surface area contributed by atoms with Crippen LogP contribution in [0.15, 0.2) is 6.07 Å². The van der Waals surface area contributed by atoms with Crippen LogP contribution in [0.25, 0.3) is 0 Å². The predicted octanol–water partition coefficient (Wildman–Crippen LogP) is 1.79. The largest absolute Gasteiger partial charge is 0.505 e. The number of ether oxygens (including phenoxy) is 2. The number of aliphatic hydroxyl groups is 1. The fourth-order valence-electron chi connectivity index (χ4n) is 1.84. The molecule has 1 heterocycles. The molecule has 1 atom stereocenters. The van der Waals surface area contributed by atoms with Gasteiger partial charge in [-0.2, -0.15) is 0 Å². The molecule has 5 heteroatoms. The van der Waals surface area contributed by atoms with Gasteiger partial charge in [0.2, 0.25) is 0 Å². The van der Waals surface area contributed by atoms with Crippen LogP contribution < -0.4 is 9.47 Å². The standard InChI is InChI=1S/C12H15FO4/c1-7(6-14)10-11(15)8(13)5-9-12(10)17-4-2-3-16-9/h5,7,14-15H,2-4,6H2,1H3. The Morgan fingerprint density at radius 3 is 2.82 bits per heavy atom. The topological polar surface area (TPSA) is 58.9 Å². The molecule has 0 saturated heterocycles. The molecule has 0 aromatic heterocycles. The van der Waals surface area contributed by atoms with Gasteiger partial charge in [-0.1, -0.05) is 6.92 Å². The van der Waals surface area contributed by atoms with Crippen molar-refractivity contribution in [2.45, 2.75) is 19.3 Å². The van der Waals surface area contributed by atoms with E-state index in [0.717, 1.165) is 6.07 Å². The molecule has 0 radical (unpaired) electrons. The van der Waals surface area contributed by atoms with E-state index in [4.69, 9.17) is 14.6 Å². The molecule has 17 heavy (non-hydrogen) atoms. The number of halogens is 1. The molecule has 4 nitrogen and oxygen atoms in total. The van der Waals surface area contributed by atoms with Gasteiger partial charge in [0.25, 0.3) is 0 Å². The second-order valence-electron chi connectivity index (χ2n) is 4.08. The summed E-state index contributed by atoms with van der Waals surface area (Å²) in [6.45, 7) is 2.38. The van der Waals surface area contributed by atoms with Crippen molar-refractivity contribution >= 4 is 0 Å². The fraction of sp³-hybridized carbons (Fsp3) is 0.500. The highest BCUT2D eigenvalue weighted by Crippen LogP contribution is 2.44. The first-order valence-electron chi connectivity index (χ1n) is 5.57. The highest BCUT2D eigenvalue weighted by Gasteiger charge is 2.25. The number of aliphatic hydroxyl groups excluding tert-OH is 1. The van der Waals surface area contributed by atoms with E-state index in [1.807, 2.05) is 0 Å². The summed E-state index contributed by atoms with van der Waals surface area (Å²) in [7, 11) is 0. The molecule has 1 unspecified atom stereocenters. The van der Waals surface area contributed by atoms with Gasteiger partial charge in [-0.15, -0.1) is 0 Å². The third-order valence-electron chi connectivity index (χ3n) is 2.77. The molecule has 0 saturated carbocycles. The van der Waals surface area contributed by atoms with E-state index >= 15 is 0 Å². The minimum absolute atomic E-state index is 0.202. The number of phenolic OH excluding ortho intramolecular Hbond substituents is 1. The van der Waals surface area contributed by atoms with E-state index in [-0.39, 0.29) is 17.9 Å². The van der Waals surface area contributed by atoms with Gasteiger partial charge in [0.05, 0.1) is 13.2 Å². The minimum Gasteiger partial charge on any atom is -0.505 e. The molecule has 0 aliphatic carbocycles. The normalized spacial score (nSPS) is 16.4. The Balaban J connectivity index is 2.57. The monoisotopic (exact) mass is 242 g/mol. The first kappa shape index (κ1) is 12.0. The Kier molecular flexibility index (Phi) is 3.38. The molecule has 1 aromatic carbocycles. The SMILES string of the molecule is CC(CO)c1c(O)c(F)cc2c1OCCCO2. The molecule has 0 spiro atoms. The molecule has 2 rings (SSSR count). The summed E-state index contributed by atoms with van der Waals surface area (Å²) < 4.78 is 24.4. The lowest BCUT2D eigenvalue weighted by Gasteiger charge is -2.18. The first-order valence-corrected chi connectivity index (χ1v) is 5.57. The van der Waals surface area contributed by atoms with Crippen LogP contribution in [0.4, 0.5) is 4.39 Å². The first-order chi connectivity index (χ1) is 8.15. The zero-order chi connectivity index (χ0) is 12.4. The molecule has 2 N–H and O–H groups in total. The minimum atomic E-state index is -0.760. The van der Waals surface area contributed by atoms with E-state index in [0.29, 0.717) is 25.4 Å². The Morgan fingerprint density at radius 2 is 2.12 bits per heavy atom. The van der Waals surface area contributed by atoms with E-state index in [1.165, 1.54) is 0 Å². The summed E-state index contributed by atoms with van der Waals surface area (Å²) in [5.74, 6) is -1.03. The number of benzene rings is 1. The van der Waals surface area contributed by atoms with Crippen molar-refractivity contribution in [3.8, 4) is 17.2 Å². The van der Waals surface area contributed by atoms with Gasteiger partial charge >= 0.3 is 0 Å². The summed E-state index contributed by atoms with van der Waals surface area (Å²) in [5.41, 5.74) is 0.268. The Morgan fingerprint density at radius 1 is 1.41 bits per heavy atom. The average molecular weight is 242 g/mol. The maximum atomic E-state index is 13.5. The van der Waals surface area contributed by atoms with Crippen molar-refractivity contribution in [3.05, 3.63) is 17.4 Å². The molecule has 1 aromatic rings. The van der Waals surface area contributed by atoms with Crippen LogP contribution in [-0.2, 0) is 0 Å². The van der Waals surface area contributed by atoms with Crippen molar-refractivity contribution in [2.24, 2.45) is 0 Å². The fourth-order valence-corrected chi connectivity index (χ4v) is 1.84. The highest BCUT2D eigenvalue weighted by molar-refractivity contribution is 5.56.